The molecule has 6 nitrogen and oxygen atoms in total. The molecule has 2 N–H and O–H groups in total. The summed E-state index contributed by atoms with van der Waals surface area (Å²) in [5.74, 6) is 0.479. The van der Waals surface area contributed by atoms with E-state index < -0.39 is 10.0 Å². The summed E-state index contributed by atoms with van der Waals surface area (Å²) in [6.45, 7) is 4.33. The number of ether oxygens (including phenoxy) is 1. The quantitative estimate of drug-likeness (QED) is 0.740. The van der Waals surface area contributed by atoms with Crippen LogP contribution in [0.25, 0.3) is 0 Å². The summed E-state index contributed by atoms with van der Waals surface area (Å²) in [6, 6.07) is 12.0. The molecule has 2 aromatic carbocycles. The number of carbonyl (C=O) groups is 1. The van der Waals surface area contributed by atoms with Crippen molar-refractivity contribution >= 4 is 15.9 Å². The number of aryl methyl sites for hydroxylation is 1. The maximum absolute atomic E-state index is 12.5. The lowest BCUT2D eigenvalue weighted by atomic mass is 10.1. The topological polar surface area (TPSA) is 84.5 Å². The Labute approximate surface area is 154 Å². The third kappa shape index (κ3) is 5.06. The molecule has 2 aromatic rings. The van der Waals surface area contributed by atoms with Crippen LogP contribution >= 0.6 is 0 Å². The first kappa shape index (κ1) is 19.9. The van der Waals surface area contributed by atoms with Crippen LogP contribution in [0, 0.1) is 6.92 Å². The molecule has 0 fully saturated rings. The molecule has 0 atom stereocenters. The summed E-state index contributed by atoms with van der Waals surface area (Å²) in [5.41, 5.74) is 2.10. The molecule has 0 radical (unpaired) electrons. The number of nitrogens with one attached hydrogen (secondary N) is 2. The molecule has 1 amide bonds. The van der Waals surface area contributed by atoms with Gasteiger partial charge < -0.3 is 10.1 Å². The minimum Gasteiger partial charge on any atom is -0.497 e. The molecule has 0 spiro atoms. The fourth-order valence-corrected chi connectivity index (χ4v) is 3.53. The van der Waals surface area contributed by atoms with Crippen LogP contribution in [0.5, 0.6) is 5.75 Å². The first-order chi connectivity index (χ1) is 12.4. The highest BCUT2D eigenvalue weighted by molar-refractivity contribution is 7.89. The molecule has 140 valence electrons. The van der Waals surface area contributed by atoms with E-state index >= 15 is 0 Å². The Balaban J connectivity index is 2.07. The molecular formula is C19H24N2O4S. The molecule has 0 saturated heterocycles. The number of carbonyl (C=O) groups excluding carboxylic acids is 1. The molecule has 0 aromatic heterocycles. The maximum atomic E-state index is 12.5. The number of sulfonamides is 1. The van der Waals surface area contributed by atoms with E-state index in [0.717, 1.165) is 16.9 Å². The Bertz CT molecular complexity index is 862. The van der Waals surface area contributed by atoms with Gasteiger partial charge in [0.15, 0.2) is 0 Å². The lowest BCUT2D eigenvalue weighted by Crippen LogP contribution is -2.27. The van der Waals surface area contributed by atoms with Crippen molar-refractivity contribution in [3.63, 3.8) is 0 Å². The van der Waals surface area contributed by atoms with E-state index in [9.17, 15) is 13.2 Å². The second-order valence-corrected chi connectivity index (χ2v) is 7.60. The van der Waals surface area contributed by atoms with Gasteiger partial charge in [0.1, 0.15) is 5.75 Å². The number of amides is 1. The molecule has 0 aliphatic carbocycles. The van der Waals surface area contributed by atoms with Crippen molar-refractivity contribution in [3.8, 4) is 5.75 Å². The van der Waals surface area contributed by atoms with Gasteiger partial charge in [-0.05, 0) is 55.7 Å². The summed E-state index contributed by atoms with van der Waals surface area (Å²) >= 11 is 0. The largest absolute Gasteiger partial charge is 0.497 e. The van der Waals surface area contributed by atoms with Gasteiger partial charge in [0.05, 0.1) is 12.0 Å². The third-order valence-electron chi connectivity index (χ3n) is 3.97. The first-order valence-corrected chi connectivity index (χ1v) is 9.87. The fourth-order valence-electron chi connectivity index (χ4n) is 2.47. The molecule has 0 aliphatic heterocycles. The lowest BCUT2D eigenvalue weighted by Gasteiger charge is -2.11. The predicted octanol–water partition coefficient (Wildman–Crippen LogP) is 2.27. The monoisotopic (exact) mass is 376 g/mol. The van der Waals surface area contributed by atoms with Crippen LogP contribution in [0.1, 0.15) is 28.4 Å². The lowest BCUT2D eigenvalue weighted by molar-refractivity contribution is 0.0955. The van der Waals surface area contributed by atoms with E-state index in [1.165, 1.54) is 12.1 Å². The predicted molar refractivity (Wildman–Crippen MR) is 101 cm³/mol. The normalized spacial score (nSPS) is 11.2. The number of hydrogen-bond acceptors (Lipinski definition) is 4. The number of methoxy groups -OCH3 is 1. The van der Waals surface area contributed by atoms with Crippen molar-refractivity contribution < 1.29 is 17.9 Å². The second-order valence-electron chi connectivity index (χ2n) is 5.83. The van der Waals surface area contributed by atoms with Crippen LogP contribution in [0.15, 0.2) is 47.4 Å². The van der Waals surface area contributed by atoms with E-state index in [1.807, 2.05) is 31.2 Å². The van der Waals surface area contributed by atoms with Crippen molar-refractivity contribution in [1.82, 2.24) is 10.0 Å². The summed E-state index contributed by atoms with van der Waals surface area (Å²) in [5, 5.41) is 2.69. The molecular weight excluding hydrogens is 352 g/mol. The molecule has 0 saturated carbocycles. The zero-order chi connectivity index (χ0) is 19.2. The van der Waals surface area contributed by atoms with Crippen molar-refractivity contribution in [2.45, 2.75) is 25.2 Å². The SMILES string of the molecule is CCNC(=O)c1cc(S(=O)(=O)NCCc2ccc(OC)cc2)ccc1C. The zero-order valence-corrected chi connectivity index (χ0v) is 16.0. The maximum Gasteiger partial charge on any atom is 0.251 e. The molecule has 0 heterocycles. The van der Waals surface area contributed by atoms with Crippen molar-refractivity contribution in [2.75, 3.05) is 20.2 Å². The summed E-state index contributed by atoms with van der Waals surface area (Å²) in [4.78, 5) is 12.1. The van der Waals surface area contributed by atoms with Crippen LogP contribution in [-0.4, -0.2) is 34.5 Å². The van der Waals surface area contributed by atoms with Gasteiger partial charge in [0.2, 0.25) is 10.0 Å². The van der Waals surface area contributed by atoms with Gasteiger partial charge in [-0.3, -0.25) is 4.79 Å². The second kappa shape index (κ2) is 8.82. The number of benzene rings is 2. The van der Waals surface area contributed by atoms with E-state index in [-0.39, 0.29) is 17.3 Å². The fraction of sp³-hybridized carbons (Fsp3) is 0.316. The highest BCUT2D eigenvalue weighted by Gasteiger charge is 2.17. The Morgan fingerprint density at radius 3 is 2.42 bits per heavy atom. The van der Waals surface area contributed by atoms with Gasteiger partial charge in [-0.1, -0.05) is 18.2 Å². The van der Waals surface area contributed by atoms with E-state index in [4.69, 9.17) is 4.74 Å². The Morgan fingerprint density at radius 1 is 1.12 bits per heavy atom. The van der Waals surface area contributed by atoms with E-state index in [1.54, 1.807) is 20.1 Å². The van der Waals surface area contributed by atoms with Crippen molar-refractivity contribution in [1.29, 1.82) is 0 Å². The highest BCUT2D eigenvalue weighted by Crippen LogP contribution is 2.16. The van der Waals surface area contributed by atoms with Gasteiger partial charge in [-0.15, -0.1) is 0 Å². The van der Waals surface area contributed by atoms with Crippen LogP contribution in [-0.2, 0) is 16.4 Å². The van der Waals surface area contributed by atoms with Gasteiger partial charge in [0, 0.05) is 18.7 Å². The Morgan fingerprint density at radius 2 is 1.81 bits per heavy atom. The van der Waals surface area contributed by atoms with Crippen LogP contribution in [0.2, 0.25) is 0 Å². The zero-order valence-electron chi connectivity index (χ0n) is 15.2. The molecule has 26 heavy (non-hydrogen) atoms. The molecule has 0 aliphatic rings. The summed E-state index contributed by atoms with van der Waals surface area (Å²) in [6.07, 6.45) is 0.554. The van der Waals surface area contributed by atoms with Gasteiger partial charge >= 0.3 is 0 Å². The molecule has 7 heteroatoms. The number of rotatable bonds is 8. The minimum absolute atomic E-state index is 0.0825. The highest BCUT2D eigenvalue weighted by atomic mass is 32.2. The summed E-state index contributed by atoms with van der Waals surface area (Å²) < 4.78 is 32.7. The average Bonchev–Trinajstić information content (AvgIpc) is 2.62. The van der Waals surface area contributed by atoms with E-state index in [0.29, 0.717) is 18.5 Å². The van der Waals surface area contributed by atoms with Crippen LogP contribution in [0.3, 0.4) is 0 Å². The van der Waals surface area contributed by atoms with Crippen molar-refractivity contribution in [3.05, 3.63) is 59.2 Å². The van der Waals surface area contributed by atoms with Gasteiger partial charge in [0.25, 0.3) is 5.91 Å². The van der Waals surface area contributed by atoms with Gasteiger partial charge in [-0.25, -0.2) is 13.1 Å². The molecule has 0 unspecified atom stereocenters. The van der Waals surface area contributed by atoms with Crippen LogP contribution < -0.4 is 14.8 Å². The first-order valence-electron chi connectivity index (χ1n) is 8.39. The molecule has 0 bridgehead atoms. The smallest absolute Gasteiger partial charge is 0.251 e. The standard InChI is InChI=1S/C19H24N2O4S/c1-4-20-19(22)18-13-17(10-5-14(18)2)26(23,24)21-12-11-15-6-8-16(25-3)9-7-15/h5-10,13,21H,4,11-12H2,1-3H3,(H,20,22). The Hall–Kier alpha value is -2.38. The third-order valence-corrected chi connectivity index (χ3v) is 5.42. The number of hydrogen-bond donors (Lipinski definition) is 2. The van der Waals surface area contributed by atoms with Crippen molar-refractivity contribution in [2.24, 2.45) is 0 Å². The van der Waals surface area contributed by atoms with Gasteiger partial charge in [-0.2, -0.15) is 0 Å². The average molecular weight is 376 g/mol. The summed E-state index contributed by atoms with van der Waals surface area (Å²) in [7, 11) is -2.09. The van der Waals surface area contributed by atoms with E-state index in [2.05, 4.69) is 10.0 Å². The molecule has 2 rings (SSSR count). The minimum atomic E-state index is -3.69. The Kier molecular flexibility index (Phi) is 6.76. The van der Waals surface area contributed by atoms with Crippen LogP contribution in [0.4, 0.5) is 0 Å².